The number of hydrazine groups is 1. The van der Waals surface area contributed by atoms with E-state index in [0.717, 1.165) is 25.9 Å². The third-order valence-electron chi connectivity index (χ3n) is 2.63. The Hall–Kier alpha value is -0.170. The lowest BCUT2D eigenvalue weighted by molar-refractivity contribution is 0.199. The molecule has 0 aliphatic carbocycles. The van der Waals surface area contributed by atoms with Crippen molar-refractivity contribution in [2.75, 3.05) is 26.7 Å². The van der Waals surface area contributed by atoms with Gasteiger partial charge in [-0.05, 0) is 26.8 Å². The van der Waals surface area contributed by atoms with Crippen molar-refractivity contribution in [1.82, 2.24) is 15.2 Å². The summed E-state index contributed by atoms with van der Waals surface area (Å²) >= 11 is 0. The van der Waals surface area contributed by atoms with Crippen LogP contribution in [0, 0.1) is 0 Å². The van der Waals surface area contributed by atoms with E-state index in [1.807, 2.05) is 5.01 Å². The van der Waals surface area contributed by atoms with Crippen LogP contribution in [0.3, 0.4) is 0 Å². The number of nitrogens with zero attached hydrogens (tertiary/aromatic N) is 1. The van der Waals surface area contributed by atoms with E-state index in [9.17, 15) is 8.42 Å². The Balaban J connectivity index is 2.47. The van der Waals surface area contributed by atoms with Gasteiger partial charge in [0, 0.05) is 19.6 Å². The number of rotatable bonds is 5. The summed E-state index contributed by atoms with van der Waals surface area (Å²) in [5, 5.41) is 4.28. The molecule has 0 spiro atoms. The molecular formula is C9H21N3O2S. The zero-order chi connectivity index (χ0) is 11.3. The Morgan fingerprint density at radius 2 is 1.87 bits per heavy atom. The van der Waals surface area contributed by atoms with Gasteiger partial charge in [-0.2, -0.15) is 0 Å². The van der Waals surface area contributed by atoms with Crippen molar-refractivity contribution in [3.8, 4) is 0 Å². The molecule has 0 amide bonds. The lowest BCUT2D eigenvalue weighted by Gasteiger charge is -2.28. The average molecular weight is 235 g/mol. The Labute approximate surface area is 92.2 Å². The fourth-order valence-electron chi connectivity index (χ4n) is 1.65. The van der Waals surface area contributed by atoms with Gasteiger partial charge in [0.05, 0.1) is 5.25 Å². The highest BCUT2D eigenvalue weighted by Gasteiger charge is 2.23. The first kappa shape index (κ1) is 12.9. The van der Waals surface area contributed by atoms with Gasteiger partial charge in [-0.3, -0.25) is 0 Å². The second kappa shape index (κ2) is 5.79. The van der Waals surface area contributed by atoms with Crippen LogP contribution in [0.15, 0.2) is 0 Å². The van der Waals surface area contributed by atoms with Crippen molar-refractivity contribution in [2.24, 2.45) is 0 Å². The van der Waals surface area contributed by atoms with Crippen molar-refractivity contribution in [1.29, 1.82) is 0 Å². The van der Waals surface area contributed by atoms with E-state index in [4.69, 9.17) is 0 Å². The standard InChI is InChI=1S/C9H21N3O2S/c1-9(8-10-2)15(13,14)11-12-6-4-3-5-7-12/h9-11H,3-8H2,1-2H3. The van der Waals surface area contributed by atoms with Gasteiger partial charge in [0.1, 0.15) is 0 Å². The minimum atomic E-state index is -3.21. The molecule has 2 N–H and O–H groups in total. The molecule has 5 nitrogen and oxygen atoms in total. The van der Waals surface area contributed by atoms with Crippen LogP contribution in [0.5, 0.6) is 0 Å². The van der Waals surface area contributed by atoms with Gasteiger partial charge >= 0.3 is 0 Å². The third-order valence-corrected chi connectivity index (χ3v) is 4.37. The van der Waals surface area contributed by atoms with Crippen LogP contribution in [0.25, 0.3) is 0 Å². The summed E-state index contributed by atoms with van der Waals surface area (Å²) in [5.41, 5.74) is 0. The lowest BCUT2D eigenvalue weighted by atomic mass is 10.2. The zero-order valence-corrected chi connectivity index (χ0v) is 10.3. The van der Waals surface area contributed by atoms with Gasteiger partial charge in [0.15, 0.2) is 0 Å². The largest absolute Gasteiger partial charge is 0.318 e. The maximum Gasteiger partial charge on any atom is 0.228 e. The first-order valence-corrected chi connectivity index (χ1v) is 7.01. The molecule has 0 aromatic rings. The van der Waals surface area contributed by atoms with E-state index in [-0.39, 0.29) is 0 Å². The predicted molar refractivity (Wildman–Crippen MR) is 60.9 cm³/mol. The van der Waals surface area contributed by atoms with Crippen molar-refractivity contribution < 1.29 is 8.42 Å². The molecule has 0 bridgehead atoms. The third kappa shape index (κ3) is 4.06. The zero-order valence-electron chi connectivity index (χ0n) is 9.49. The Morgan fingerprint density at radius 3 is 2.40 bits per heavy atom. The summed E-state index contributed by atoms with van der Waals surface area (Å²) in [6.45, 7) is 3.84. The van der Waals surface area contributed by atoms with Crippen molar-refractivity contribution in [2.45, 2.75) is 31.4 Å². The highest BCUT2D eigenvalue weighted by molar-refractivity contribution is 7.90. The number of nitrogens with one attached hydrogen (secondary N) is 2. The van der Waals surface area contributed by atoms with Crippen LogP contribution in [0.4, 0.5) is 0 Å². The number of sulfonamides is 1. The molecule has 1 rings (SSSR count). The van der Waals surface area contributed by atoms with E-state index >= 15 is 0 Å². The van der Waals surface area contributed by atoms with Crippen LogP contribution in [0.1, 0.15) is 26.2 Å². The minimum absolute atomic E-state index is 0.399. The fourth-order valence-corrected chi connectivity index (χ4v) is 2.76. The lowest BCUT2D eigenvalue weighted by Crippen LogP contribution is -2.49. The Bertz CT molecular complexity index is 273. The van der Waals surface area contributed by atoms with E-state index < -0.39 is 15.3 Å². The summed E-state index contributed by atoms with van der Waals surface area (Å²) in [7, 11) is -1.45. The van der Waals surface area contributed by atoms with Gasteiger partial charge in [0.2, 0.25) is 10.0 Å². The molecule has 1 aliphatic heterocycles. The topological polar surface area (TPSA) is 61.4 Å². The highest BCUT2D eigenvalue weighted by Crippen LogP contribution is 2.08. The van der Waals surface area contributed by atoms with Gasteiger partial charge in [-0.15, -0.1) is 4.83 Å². The second-order valence-electron chi connectivity index (χ2n) is 4.05. The van der Waals surface area contributed by atoms with E-state index in [1.54, 1.807) is 14.0 Å². The van der Waals surface area contributed by atoms with Crippen LogP contribution < -0.4 is 10.1 Å². The number of hydrogen-bond acceptors (Lipinski definition) is 4. The molecule has 1 unspecified atom stereocenters. The molecule has 0 radical (unpaired) electrons. The number of hydrogen-bond donors (Lipinski definition) is 2. The maximum absolute atomic E-state index is 11.8. The summed E-state index contributed by atoms with van der Waals surface area (Å²) in [6, 6.07) is 0. The van der Waals surface area contributed by atoms with Gasteiger partial charge in [-0.1, -0.05) is 6.42 Å². The molecule has 0 aromatic heterocycles. The molecule has 15 heavy (non-hydrogen) atoms. The summed E-state index contributed by atoms with van der Waals surface area (Å²) in [6.07, 6.45) is 3.34. The molecule has 1 heterocycles. The molecule has 0 aromatic carbocycles. The molecule has 1 saturated heterocycles. The second-order valence-corrected chi connectivity index (χ2v) is 6.13. The molecule has 90 valence electrons. The quantitative estimate of drug-likeness (QED) is 0.699. The van der Waals surface area contributed by atoms with Crippen molar-refractivity contribution >= 4 is 10.0 Å². The van der Waals surface area contributed by atoms with Gasteiger partial charge < -0.3 is 5.32 Å². The van der Waals surface area contributed by atoms with Gasteiger partial charge in [0.25, 0.3) is 0 Å². The smallest absolute Gasteiger partial charge is 0.228 e. The van der Waals surface area contributed by atoms with Gasteiger partial charge in [-0.25, -0.2) is 13.4 Å². The molecule has 6 heteroatoms. The Kier molecular flexibility index (Phi) is 4.98. The maximum atomic E-state index is 11.8. The summed E-state index contributed by atoms with van der Waals surface area (Å²) in [4.78, 5) is 2.65. The summed E-state index contributed by atoms with van der Waals surface area (Å²) < 4.78 is 23.6. The SMILES string of the molecule is CNCC(C)S(=O)(=O)NN1CCCCC1. The molecule has 1 aliphatic rings. The van der Waals surface area contributed by atoms with E-state index in [2.05, 4.69) is 10.1 Å². The minimum Gasteiger partial charge on any atom is -0.318 e. The highest BCUT2D eigenvalue weighted by atomic mass is 32.2. The van der Waals surface area contributed by atoms with Crippen LogP contribution >= 0.6 is 0 Å². The fraction of sp³-hybridized carbons (Fsp3) is 1.00. The molecule has 1 fully saturated rings. The average Bonchev–Trinajstić information content (AvgIpc) is 2.19. The molecule has 1 atom stereocenters. The monoisotopic (exact) mass is 235 g/mol. The van der Waals surface area contributed by atoms with Crippen LogP contribution in [0.2, 0.25) is 0 Å². The first-order chi connectivity index (χ1) is 7.06. The first-order valence-electron chi connectivity index (χ1n) is 5.47. The van der Waals surface area contributed by atoms with Crippen LogP contribution in [-0.4, -0.2) is 45.4 Å². The number of piperidine rings is 1. The van der Waals surface area contributed by atoms with E-state index in [0.29, 0.717) is 6.54 Å². The molecular weight excluding hydrogens is 214 g/mol. The van der Waals surface area contributed by atoms with Crippen molar-refractivity contribution in [3.63, 3.8) is 0 Å². The van der Waals surface area contributed by atoms with E-state index in [1.165, 1.54) is 6.42 Å². The van der Waals surface area contributed by atoms with Crippen LogP contribution in [-0.2, 0) is 10.0 Å². The normalized spacial score (nSPS) is 21.5. The predicted octanol–water partition coefficient (Wildman–Crippen LogP) is -0.0854. The molecule has 0 saturated carbocycles. The van der Waals surface area contributed by atoms with Crippen molar-refractivity contribution in [3.05, 3.63) is 0 Å². The Morgan fingerprint density at radius 1 is 1.27 bits per heavy atom. The summed E-state index contributed by atoms with van der Waals surface area (Å²) in [5.74, 6) is 0.